The van der Waals surface area contributed by atoms with Crippen LogP contribution in [0.15, 0.2) is 0 Å². The zero-order chi connectivity index (χ0) is 14.0. The molecule has 1 atom stereocenters. The van der Waals surface area contributed by atoms with Crippen LogP contribution < -0.4 is 0 Å². The number of rotatable bonds is 4. The van der Waals surface area contributed by atoms with Crippen LogP contribution in [0.2, 0.25) is 0 Å². The topological polar surface area (TPSA) is 35.6 Å². The first-order valence-electron chi connectivity index (χ1n) is 7.63. The van der Waals surface area contributed by atoms with Crippen molar-refractivity contribution in [2.45, 2.75) is 50.9 Å². The molecule has 1 unspecified atom stereocenters. The third-order valence-corrected chi connectivity index (χ3v) is 4.92. The monoisotopic (exact) mass is 292 g/mol. The lowest BCUT2D eigenvalue weighted by molar-refractivity contribution is 0.387. The van der Waals surface area contributed by atoms with Gasteiger partial charge in [-0.25, -0.2) is 4.98 Å². The molecule has 0 saturated heterocycles. The summed E-state index contributed by atoms with van der Waals surface area (Å²) in [4.78, 5) is 4.82. The number of halogens is 1. The molecule has 2 aromatic rings. The number of imidazole rings is 1. The van der Waals surface area contributed by atoms with E-state index in [2.05, 4.69) is 9.67 Å². The SMILES string of the molecule is Cc1nn(C)c2c1nc(C(C)Cl)n2C(C1CC1)C1CC1. The van der Waals surface area contributed by atoms with Gasteiger partial charge in [0, 0.05) is 13.1 Å². The molecular weight excluding hydrogens is 272 g/mol. The van der Waals surface area contributed by atoms with E-state index in [1.54, 1.807) is 0 Å². The van der Waals surface area contributed by atoms with Crippen LogP contribution in [0.4, 0.5) is 0 Å². The number of hydrogen-bond donors (Lipinski definition) is 0. The molecule has 2 aromatic heterocycles. The molecule has 0 amide bonds. The standard InChI is InChI=1S/C15H21ClN4/c1-8(16)14-17-12-9(2)18-19(3)15(12)20(14)13(10-4-5-10)11-6-7-11/h8,10-11,13H,4-7H2,1-3H3. The summed E-state index contributed by atoms with van der Waals surface area (Å²) in [6.07, 6.45) is 5.42. The van der Waals surface area contributed by atoms with Crippen molar-refractivity contribution >= 4 is 22.8 Å². The fourth-order valence-corrected chi connectivity index (χ4v) is 3.72. The van der Waals surface area contributed by atoms with Gasteiger partial charge in [-0.1, -0.05) is 0 Å². The summed E-state index contributed by atoms with van der Waals surface area (Å²) in [7, 11) is 2.02. The smallest absolute Gasteiger partial charge is 0.158 e. The van der Waals surface area contributed by atoms with Crippen LogP contribution in [0.25, 0.3) is 11.2 Å². The highest BCUT2D eigenvalue weighted by molar-refractivity contribution is 6.20. The van der Waals surface area contributed by atoms with Crippen LogP contribution in [0.1, 0.15) is 55.5 Å². The summed E-state index contributed by atoms with van der Waals surface area (Å²) in [6, 6.07) is 0.589. The zero-order valence-corrected chi connectivity index (χ0v) is 13.1. The molecule has 0 N–H and O–H groups in total. The lowest BCUT2D eigenvalue weighted by atomic mass is 10.1. The molecular formula is C15H21ClN4. The first-order chi connectivity index (χ1) is 9.58. The quantitative estimate of drug-likeness (QED) is 0.805. The molecule has 2 heterocycles. The molecule has 2 fully saturated rings. The van der Waals surface area contributed by atoms with E-state index in [9.17, 15) is 0 Å². The van der Waals surface area contributed by atoms with Gasteiger partial charge in [0.15, 0.2) is 5.65 Å². The van der Waals surface area contributed by atoms with E-state index in [4.69, 9.17) is 16.6 Å². The molecule has 5 heteroatoms. The number of alkyl halides is 1. The van der Waals surface area contributed by atoms with Crippen molar-refractivity contribution < 1.29 is 0 Å². The van der Waals surface area contributed by atoms with Gasteiger partial charge >= 0.3 is 0 Å². The van der Waals surface area contributed by atoms with Crippen molar-refractivity contribution in [3.63, 3.8) is 0 Å². The lowest BCUT2D eigenvalue weighted by Crippen LogP contribution is -2.18. The Bertz CT molecular complexity index is 649. The van der Waals surface area contributed by atoms with Crippen LogP contribution in [0.3, 0.4) is 0 Å². The van der Waals surface area contributed by atoms with Crippen molar-refractivity contribution in [1.82, 2.24) is 19.3 Å². The minimum absolute atomic E-state index is 0.0539. The molecule has 2 aliphatic carbocycles. The molecule has 4 rings (SSSR count). The summed E-state index contributed by atoms with van der Waals surface area (Å²) in [5.41, 5.74) is 3.19. The van der Waals surface area contributed by atoms with Crippen molar-refractivity contribution in [3.05, 3.63) is 11.5 Å². The van der Waals surface area contributed by atoms with Crippen molar-refractivity contribution in [2.24, 2.45) is 18.9 Å². The highest BCUT2D eigenvalue weighted by atomic mass is 35.5. The molecule has 0 radical (unpaired) electrons. The summed E-state index contributed by atoms with van der Waals surface area (Å²) in [6.45, 7) is 4.06. The van der Waals surface area contributed by atoms with E-state index in [0.717, 1.165) is 34.5 Å². The normalized spacial score (nSPS) is 21.1. The van der Waals surface area contributed by atoms with E-state index in [1.165, 1.54) is 25.7 Å². The van der Waals surface area contributed by atoms with Gasteiger partial charge in [-0.2, -0.15) is 5.10 Å². The van der Waals surface area contributed by atoms with Gasteiger partial charge in [-0.05, 0) is 51.4 Å². The molecule has 0 aromatic carbocycles. The first-order valence-corrected chi connectivity index (χ1v) is 8.07. The number of hydrogen-bond acceptors (Lipinski definition) is 2. The predicted octanol–water partition coefficient (Wildman–Crippen LogP) is 3.74. The minimum Gasteiger partial charge on any atom is -0.308 e. The third kappa shape index (κ3) is 1.80. The second-order valence-corrected chi connectivity index (χ2v) is 7.16. The lowest BCUT2D eigenvalue weighted by Gasteiger charge is -2.22. The average Bonchev–Trinajstić information content (AvgIpc) is 3.27. The van der Waals surface area contributed by atoms with E-state index in [-0.39, 0.29) is 5.38 Å². The van der Waals surface area contributed by atoms with Crippen LogP contribution in [-0.4, -0.2) is 19.3 Å². The summed E-state index contributed by atoms with van der Waals surface area (Å²) < 4.78 is 4.42. The third-order valence-electron chi connectivity index (χ3n) is 4.73. The average molecular weight is 293 g/mol. The van der Waals surface area contributed by atoms with E-state index in [1.807, 2.05) is 25.6 Å². The second-order valence-electron chi connectivity index (χ2n) is 6.50. The molecule has 2 saturated carbocycles. The van der Waals surface area contributed by atoms with Crippen LogP contribution in [-0.2, 0) is 7.05 Å². The molecule has 20 heavy (non-hydrogen) atoms. The summed E-state index contributed by atoms with van der Waals surface area (Å²) in [5, 5.41) is 4.49. The number of nitrogens with zero attached hydrogens (tertiary/aromatic N) is 4. The Morgan fingerprint density at radius 1 is 1.20 bits per heavy atom. The Balaban J connectivity index is 1.96. The Morgan fingerprint density at radius 2 is 1.80 bits per heavy atom. The Hall–Kier alpha value is -1.03. The molecule has 0 bridgehead atoms. The predicted molar refractivity (Wildman–Crippen MR) is 80.0 cm³/mol. The summed E-state index contributed by atoms with van der Waals surface area (Å²) >= 11 is 6.42. The Kier molecular flexibility index (Phi) is 2.69. The van der Waals surface area contributed by atoms with Crippen LogP contribution >= 0.6 is 11.6 Å². The number of aromatic nitrogens is 4. The van der Waals surface area contributed by atoms with Gasteiger partial charge in [-0.3, -0.25) is 4.68 Å². The van der Waals surface area contributed by atoms with Gasteiger partial charge in [0.1, 0.15) is 11.3 Å². The van der Waals surface area contributed by atoms with E-state index in [0.29, 0.717) is 6.04 Å². The van der Waals surface area contributed by atoms with Crippen molar-refractivity contribution in [1.29, 1.82) is 0 Å². The van der Waals surface area contributed by atoms with Gasteiger partial charge in [0.2, 0.25) is 0 Å². The molecule has 4 nitrogen and oxygen atoms in total. The summed E-state index contributed by atoms with van der Waals surface area (Å²) in [5.74, 6) is 2.68. The second kappa shape index (κ2) is 4.23. The molecule has 0 aliphatic heterocycles. The van der Waals surface area contributed by atoms with Gasteiger partial charge in [0.05, 0.1) is 11.1 Å². The Morgan fingerprint density at radius 3 is 2.30 bits per heavy atom. The van der Waals surface area contributed by atoms with Crippen molar-refractivity contribution in [2.75, 3.05) is 0 Å². The molecule has 2 aliphatic rings. The van der Waals surface area contributed by atoms with Crippen molar-refractivity contribution in [3.8, 4) is 0 Å². The van der Waals surface area contributed by atoms with Gasteiger partial charge in [-0.15, -0.1) is 11.6 Å². The first kappa shape index (κ1) is 12.7. The number of fused-ring (bicyclic) bond motifs is 1. The fourth-order valence-electron chi connectivity index (χ4n) is 3.57. The minimum atomic E-state index is -0.0539. The molecule has 108 valence electrons. The highest BCUT2D eigenvalue weighted by Crippen LogP contribution is 2.53. The van der Waals surface area contributed by atoms with E-state index < -0.39 is 0 Å². The van der Waals surface area contributed by atoms with Crippen LogP contribution in [0.5, 0.6) is 0 Å². The van der Waals surface area contributed by atoms with Gasteiger partial charge in [0.25, 0.3) is 0 Å². The molecule has 0 spiro atoms. The number of aryl methyl sites for hydroxylation is 2. The van der Waals surface area contributed by atoms with Gasteiger partial charge < -0.3 is 4.57 Å². The maximum Gasteiger partial charge on any atom is 0.158 e. The zero-order valence-electron chi connectivity index (χ0n) is 12.3. The fraction of sp³-hybridized carbons (Fsp3) is 0.733. The van der Waals surface area contributed by atoms with E-state index >= 15 is 0 Å². The largest absolute Gasteiger partial charge is 0.308 e. The van der Waals surface area contributed by atoms with Crippen LogP contribution in [0, 0.1) is 18.8 Å². The Labute approximate surface area is 124 Å². The maximum atomic E-state index is 6.42. The maximum absolute atomic E-state index is 6.42. The highest BCUT2D eigenvalue weighted by Gasteiger charge is 2.44.